The van der Waals surface area contributed by atoms with Crippen molar-refractivity contribution in [3.05, 3.63) is 119 Å². The van der Waals surface area contributed by atoms with Gasteiger partial charge in [-0.25, -0.2) is 4.79 Å². The maximum Gasteiger partial charge on any atom is 0.317 e. The van der Waals surface area contributed by atoms with Gasteiger partial charge in [0.15, 0.2) is 0 Å². The molecule has 0 bridgehead atoms. The zero-order valence-corrected chi connectivity index (χ0v) is 30.5. The minimum absolute atomic E-state index is 0.0647. The molecule has 280 valence electrons. The summed E-state index contributed by atoms with van der Waals surface area (Å²) in [5.74, 6) is -0.384. The van der Waals surface area contributed by atoms with Crippen LogP contribution in [0, 0.1) is 0 Å². The van der Waals surface area contributed by atoms with Gasteiger partial charge in [-0.2, -0.15) is 0 Å². The summed E-state index contributed by atoms with van der Waals surface area (Å²) >= 11 is 0. The summed E-state index contributed by atoms with van der Waals surface area (Å²) in [5.41, 5.74) is 2.62. The maximum atomic E-state index is 13.5. The van der Waals surface area contributed by atoms with E-state index < -0.39 is 5.91 Å². The Hall–Kier alpha value is -6.21. The van der Waals surface area contributed by atoms with Crippen molar-refractivity contribution in [3.8, 4) is 11.5 Å². The van der Waals surface area contributed by atoms with Crippen molar-refractivity contribution in [1.29, 1.82) is 0 Å². The summed E-state index contributed by atoms with van der Waals surface area (Å²) in [6, 6.07) is 27.4. The Balaban J connectivity index is 0.972. The molecule has 1 saturated heterocycles. The highest BCUT2D eigenvalue weighted by Gasteiger charge is 2.34. The second-order valence-electron chi connectivity index (χ2n) is 13.1. The number of para-hydroxylation sites is 3. The van der Waals surface area contributed by atoms with Gasteiger partial charge in [0, 0.05) is 57.6 Å². The van der Waals surface area contributed by atoms with E-state index in [4.69, 9.17) is 9.47 Å². The molecule has 0 aliphatic carbocycles. The normalized spacial score (nSPS) is 14.0. The molecule has 13 heteroatoms. The van der Waals surface area contributed by atoms with Crippen LogP contribution in [0.3, 0.4) is 0 Å². The first-order valence-corrected chi connectivity index (χ1v) is 18.0. The molecule has 0 saturated carbocycles. The standard InChI is InChI=1S/C41H44N6O7/c1-44-23-25-46(26-24-44)41(52)42-21-9-27-54-36-16-8-6-14-34(36)45(2)38(49)29-17-19-30(20-18-29)43-37(48)33-13-5-7-15-35(33)53-28-10-22-47-39(50)31-11-3-4-12-32(31)40(47)51/h3-8,11-20H,9-10,21-28H2,1-2H3,(H,42,52)(H,43,48). The Morgan fingerprint density at radius 2 is 1.31 bits per heavy atom. The van der Waals surface area contributed by atoms with E-state index in [1.165, 1.54) is 9.80 Å². The number of carbonyl (C=O) groups excluding carboxylic acids is 5. The van der Waals surface area contributed by atoms with Gasteiger partial charge < -0.3 is 34.8 Å². The van der Waals surface area contributed by atoms with E-state index in [9.17, 15) is 24.0 Å². The molecule has 4 aromatic carbocycles. The van der Waals surface area contributed by atoms with Crippen molar-refractivity contribution in [3.63, 3.8) is 0 Å². The van der Waals surface area contributed by atoms with Gasteiger partial charge in [-0.15, -0.1) is 0 Å². The van der Waals surface area contributed by atoms with Gasteiger partial charge in [-0.1, -0.05) is 36.4 Å². The van der Waals surface area contributed by atoms with Gasteiger partial charge in [0.05, 0.1) is 35.6 Å². The van der Waals surface area contributed by atoms with Crippen LogP contribution in [0.5, 0.6) is 11.5 Å². The third-order valence-electron chi connectivity index (χ3n) is 9.36. The van der Waals surface area contributed by atoms with Crippen molar-refractivity contribution in [1.82, 2.24) is 20.0 Å². The third-order valence-corrected chi connectivity index (χ3v) is 9.36. The first-order chi connectivity index (χ1) is 26.2. The van der Waals surface area contributed by atoms with Gasteiger partial charge in [0.25, 0.3) is 23.6 Å². The Morgan fingerprint density at radius 1 is 0.722 bits per heavy atom. The number of rotatable bonds is 14. The van der Waals surface area contributed by atoms with E-state index in [1.54, 1.807) is 92.0 Å². The summed E-state index contributed by atoms with van der Waals surface area (Å²) in [5, 5.41) is 5.81. The second-order valence-corrected chi connectivity index (χ2v) is 13.1. The highest BCUT2D eigenvalue weighted by atomic mass is 16.5. The Morgan fingerprint density at radius 3 is 2.02 bits per heavy atom. The maximum absolute atomic E-state index is 13.5. The van der Waals surface area contributed by atoms with Crippen LogP contribution >= 0.6 is 0 Å². The summed E-state index contributed by atoms with van der Waals surface area (Å²) in [6.07, 6.45) is 0.993. The van der Waals surface area contributed by atoms with Gasteiger partial charge >= 0.3 is 6.03 Å². The lowest BCUT2D eigenvalue weighted by molar-refractivity contribution is 0.0646. The fraction of sp³-hybridized carbons (Fsp3) is 0.293. The molecule has 2 heterocycles. The third kappa shape index (κ3) is 8.87. The number of amides is 6. The first kappa shape index (κ1) is 37.5. The predicted molar refractivity (Wildman–Crippen MR) is 205 cm³/mol. The number of ether oxygens (including phenoxy) is 2. The molecule has 0 atom stereocenters. The Labute approximate surface area is 314 Å². The van der Waals surface area contributed by atoms with Crippen LogP contribution in [0.15, 0.2) is 97.1 Å². The molecule has 54 heavy (non-hydrogen) atoms. The predicted octanol–water partition coefficient (Wildman–Crippen LogP) is 5.01. The summed E-state index contributed by atoms with van der Waals surface area (Å²) in [4.78, 5) is 71.2. The number of imide groups is 1. The van der Waals surface area contributed by atoms with E-state index in [2.05, 4.69) is 15.5 Å². The monoisotopic (exact) mass is 732 g/mol. The van der Waals surface area contributed by atoms with Crippen LogP contribution in [0.1, 0.15) is 54.3 Å². The number of nitrogens with zero attached hydrogens (tertiary/aromatic N) is 4. The van der Waals surface area contributed by atoms with E-state index >= 15 is 0 Å². The van der Waals surface area contributed by atoms with E-state index in [-0.39, 0.29) is 36.9 Å². The number of anilines is 2. The lowest BCUT2D eigenvalue weighted by Crippen LogP contribution is -2.50. The van der Waals surface area contributed by atoms with E-state index in [0.717, 1.165) is 13.1 Å². The fourth-order valence-electron chi connectivity index (χ4n) is 6.25. The molecular weight excluding hydrogens is 688 g/mol. The van der Waals surface area contributed by atoms with Crippen molar-refractivity contribution in [2.75, 3.05) is 76.8 Å². The van der Waals surface area contributed by atoms with Crippen LogP contribution in [0.2, 0.25) is 0 Å². The number of urea groups is 1. The second kappa shape index (κ2) is 17.5. The molecule has 6 amide bonds. The van der Waals surface area contributed by atoms with Crippen molar-refractivity contribution in [2.45, 2.75) is 12.8 Å². The largest absolute Gasteiger partial charge is 0.493 e. The molecule has 0 unspecified atom stereocenters. The van der Waals surface area contributed by atoms with Gasteiger partial charge in [0.2, 0.25) is 0 Å². The van der Waals surface area contributed by atoms with Gasteiger partial charge in [-0.3, -0.25) is 24.1 Å². The van der Waals surface area contributed by atoms with Crippen LogP contribution in [0.25, 0.3) is 0 Å². The molecule has 2 aliphatic rings. The summed E-state index contributed by atoms with van der Waals surface area (Å²) in [6.45, 7) is 4.36. The van der Waals surface area contributed by atoms with Crippen LogP contribution in [0.4, 0.5) is 16.2 Å². The van der Waals surface area contributed by atoms with E-state index in [1.807, 2.05) is 24.1 Å². The minimum atomic E-state index is -0.396. The van der Waals surface area contributed by atoms with Crippen molar-refractivity contribution < 1.29 is 33.4 Å². The van der Waals surface area contributed by atoms with Crippen LogP contribution in [-0.4, -0.2) is 111 Å². The highest BCUT2D eigenvalue weighted by molar-refractivity contribution is 6.21. The molecule has 2 aliphatic heterocycles. The number of likely N-dealkylation sites (N-methyl/N-ethyl adjacent to an activating group) is 1. The number of hydrogen-bond donors (Lipinski definition) is 2. The van der Waals surface area contributed by atoms with Crippen LogP contribution < -0.4 is 25.0 Å². The lowest BCUT2D eigenvalue weighted by Gasteiger charge is -2.32. The number of benzene rings is 4. The number of nitrogens with one attached hydrogen (secondary N) is 2. The average Bonchev–Trinajstić information content (AvgIpc) is 3.44. The average molecular weight is 733 g/mol. The number of carbonyl (C=O) groups is 5. The quantitative estimate of drug-likeness (QED) is 0.136. The Bertz CT molecular complexity index is 1960. The van der Waals surface area contributed by atoms with Crippen LogP contribution in [-0.2, 0) is 0 Å². The molecule has 6 rings (SSSR count). The zero-order chi connectivity index (χ0) is 38.0. The van der Waals surface area contributed by atoms with Crippen molar-refractivity contribution in [2.24, 2.45) is 0 Å². The highest BCUT2D eigenvalue weighted by Crippen LogP contribution is 2.29. The Kier molecular flexibility index (Phi) is 12.2. The molecule has 0 radical (unpaired) electrons. The lowest BCUT2D eigenvalue weighted by atomic mass is 10.1. The SMILES string of the molecule is CN1CCN(C(=O)NCCCOc2ccccc2N(C)C(=O)c2ccc(NC(=O)c3ccccc3OCCCN3C(=O)c4ccccc4C3=O)cc2)CC1. The number of fused-ring (bicyclic) bond motifs is 1. The molecular formula is C41H44N6O7. The molecule has 0 spiro atoms. The zero-order valence-electron chi connectivity index (χ0n) is 30.5. The molecule has 13 nitrogen and oxygen atoms in total. The summed E-state index contributed by atoms with van der Waals surface area (Å²) in [7, 11) is 3.72. The summed E-state index contributed by atoms with van der Waals surface area (Å²) < 4.78 is 11.9. The number of hydrogen-bond acceptors (Lipinski definition) is 8. The molecule has 0 aromatic heterocycles. The van der Waals surface area contributed by atoms with Gasteiger partial charge in [0.1, 0.15) is 11.5 Å². The topological polar surface area (TPSA) is 141 Å². The molecule has 1 fully saturated rings. The fourth-order valence-corrected chi connectivity index (χ4v) is 6.25. The molecule has 4 aromatic rings. The first-order valence-electron chi connectivity index (χ1n) is 18.0. The van der Waals surface area contributed by atoms with E-state index in [0.29, 0.717) is 84.2 Å². The van der Waals surface area contributed by atoms with Crippen molar-refractivity contribution >= 4 is 41.0 Å². The van der Waals surface area contributed by atoms with Gasteiger partial charge in [-0.05, 0) is 80.6 Å². The minimum Gasteiger partial charge on any atom is -0.493 e. The molecule has 2 N–H and O–H groups in total. The smallest absolute Gasteiger partial charge is 0.317 e. The number of piperazine rings is 1.